The molecule has 0 radical (unpaired) electrons. The Labute approximate surface area is 161 Å². The van der Waals surface area contributed by atoms with Crippen LogP contribution in [0.4, 0.5) is 0 Å². The largest absolute Gasteiger partial charge is 0.486 e. The van der Waals surface area contributed by atoms with Gasteiger partial charge in [0.15, 0.2) is 0 Å². The number of nitrogens with zero attached hydrogens (tertiary/aromatic N) is 2. The van der Waals surface area contributed by atoms with Crippen molar-refractivity contribution in [2.24, 2.45) is 0 Å². The van der Waals surface area contributed by atoms with E-state index in [-0.39, 0.29) is 18.1 Å². The van der Waals surface area contributed by atoms with Crippen molar-refractivity contribution in [1.82, 2.24) is 9.88 Å². The fraction of sp³-hybridized carbons (Fsp3) is 0.474. The maximum absolute atomic E-state index is 12.9. The first-order chi connectivity index (χ1) is 12.7. The lowest BCUT2D eigenvalue weighted by Gasteiger charge is -2.43. The molecule has 2 aliphatic rings. The van der Waals surface area contributed by atoms with Gasteiger partial charge in [-0.3, -0.25) is 4.79 Å². The van der Waals surface area contributed by atoms with Crippen LogP contribution in [0.2, 0.25) is 5.02 Å². The van der Waals surface area contributed by atoms with Gasteiger partial charge in [0.25, 0.3) is 5.91 Å². The van der Waals surface area contributed by atoms with E-state index in [0.29, 0.717) is 30.5 Å². The van der Waals surface area contributed by atoms with E-state index in [1.165, 1.54) is 17.8 Å². The van der Waals surface area contributed by atoms with Gasteiger partial charge in [-0.25, -0.2) is 4.98 Å². The van der Waals surface area contributed by atoms with Gasteiger partial charge in [0.1, 0.15) is 23.1 Å². The summed E-state index contributed by atoms with van der Waals surface area (Å²) in [5.41, 5.74) is 0.510. The molecule has 2 atom stereocenters. The van der Waals surface area contributed by atoms with Crippen LogP contribution in [0.25, 0.3) is 0 Å². The number of hydrogen-bond donors (Lipinski definition) is 0. The van der Waals surface area contributed by atoms with Gasteiger partial charge in [-0.1, -0.05) is 24.4 Å². The standard InChI is InChI=1S/C19H21ClN2O3S/c20-13-5-7-14(8-6-13)25-11-18-21-15(12-26-18)19(23)22-9-10-24-17-4-2-1-3-16(17)22/h5-8,12,16-17H,1-4,9-11H2/t16-,17+/m0/s1. The van der Waals surface area contributed by atoms with E-state index >= 15 is 0 Å². The first-order valence-corrected chi connectivity index (χ1v) is 10.2. The number of thiazole rings is 1. The van der Waals surface area contributed by atoms with Gasteiger partial charge >= 0.3 is 0 Å². The summed E-state index contributed by atoms with van der Waals surface area (Å²) < 4.78 is 11.6. The van der Waals surface area contributed by atoms with E-state index in [0.717, 1.165) is 30.0 Å². The number of rotatable bonds is 4. The molecule has 4 rings (SSSR count). The topological polar surface area (TPSA) is 51.7 Å². The Bertz CT molecular complexity index is 762. The van der Waals surface area contributed by atoms with Gasteiger partial charge in [-0.15, -0.1) is 11.3 Å². The van der Waals surface area contributed by atoms with Crippen molar-refractivity contribution in [3.63, 3.8) is 0 Å². The molecule has 0 bridgehead atoms. The molecule has 1 aromatic carbocycles. The number of carbonyl (C=O) groups is 1. The Morgan fingerprint density at radius 3 is 2.96 bits per heavy atom. The molecule has 1 aliphatic carbocycles. The van der Waals surface area contributed by atoms with Crippen LogP contribution in [0, 0.1) is 0 Å². The van der Waals surface area contributed by atoms with Crippen molar-refractivity contribution in [2.75, 3.05) is 13.2 Å². The minimum Gasteiger partial charge on any atom is -0.486 e. The molecule has 7 heteroatoms. The molecule has 0 N–H and O–H groups in total. The monoisotopic (exact) mass is 392 g/mol. The van der Waals surface area contributed by atoms with Crippen molar-refractivity contribution in [3.05, 3.63) is 45.4 Å². The van der Waals surface area contributed by atoms with Gasteiger partial charge < -0.3 is 14.4 Å². The van der Waals surface area contributed by atoms with E-state index in [2.05, 4.69) is 4.98 Å². The molecule has 1 amide bonds. The first-order valence-electron chi connectivity index (χ1n) is 8.96. The van der Waals surface area contributed by atoms with Gasteiger partial charge in [0.2, 0.25) is 0 Å². The maximum atomic E-state index is 12.9. The van der Waals surface area contributed by atoms with Gasteiger partial charge in [0.05, 0.1) is 18.8 Å². The highest BCUT2D eigenvalue weighted by molar-refractivity contribution is 7.09. The van der Waals surface area contributed by atoms with Crippen LogP contribution in [0.1, 0.15) is 41.2 Å². The van der Waals surface area contributed by atoms with E-state index < -0.39 is 0 Å². The molecule has 2 aromatic rings. The van der Waals surface area contributed by atoms with Crippen molar-refractivity contribution in [3.8, 4) is 5.75 Å². The third kappa shape index (κ3) is 3.87. The van der Waals surface area contributed by atoms with Crippen LogP contribution in [-0.2, 0) is 11.3 Å². The summed E-state index contributed by atoms with van der Waals surface area (Å²) in [6.45, 7) is 1.60. The van der Waals surface area contributed by atoms with E-state index in [9.17, 15) is 4.79 Å². The van der Waals surface area contributed by atoms with Crippen LogP contribution >= 0.6 is 22.9 Å². The van der Waals surface area contributed by atoms with Crippen LogP contribution < -0.4 is 4.74 Å². The molecular weight excluding hydrogens is 372 g/mol. The SMILES string of the molecule is O=C(c1csc(COc2ccc(Cl)cc2)n1)N1CCO[C@@H]2CCCC[C@@H]21. The fourth-order valence-corrected chi connectivity index (χ4v) is 4.45. The number of hydrogen-bond acceptors (Lipinski definition) is 5. The summed E-state index contributed by atoms with van der Waals surface area (Å²) in [5.74, 6) is 0.745. The van der Waals surface area contributed by atoms with E-state index in [4.69, 9.17) is 21.1 Å². The molecule has 5 nitrogen and oxygen atoms in total. The van der Waals surface area contributed by atoms with Crippen LogP contribution in [0.15, 0.2) is 29.6 Å². The number of benzene rings is 1. The molecule has 26 heavy (non-hydrogen) atoms. The Morgan fingerprint density at radius 1 is 1.31 bits per heavy atom. The Morgan fingerprint density at radius 2 is 2.12 bits per heavy atom. The highest BCUT2D eigenvalue weighted by atomic mass is 35.5. The third-order valence-corrected chi connectivity index (χ3v) is 6.01. The predicted molar refractivity (Wildman–Crippen MR) is 101 cm³/mol. The first kappa shape index (κ1) is 17.8. The number of fused-ring (bicyclic) bond motifs is 1. The second kappa shape index (κ2) is 7.94. The number of carbonyl (C=O) groups excluding carboxylic acids is 1. The Balaban J connectivity index is 1.40. The summed E-state index contributed by atoms with van der Waals surface area (Å²) in [7, 11) is 0. The molecule has 138 valence electrons. The van der Waals surface area contributed by atoms with Crippen molar-refractivity contribution >= 4 is 28.8 Å². The number of amides is 1. The number of ether oxygens (including phenoxy) is 2. The molecule has 1 saturated carbocycles. The minimum absolute atomic E-state index is 0.0131. The summed E-state index contributed by atoms with van der Waals surface area (Å²) >= 11 is 7.33. The molecule has 1 saturated heterocycles. The van der Waals surface area contributed by atoms with E-state index in [1.54, 1.807) is 12.1 Å². The number of morpholine rings is 1. The zero-order valence-corrected chi connectivity index (χ0v) is 16.0. The summed E-state index contributed by atoms with van der Waals surface area (Å²) in [6.07, 6.45) is 4.60. The highest BCUT2D eigenvalue weighted by Crippen LogP contribution is 2.29. The number of halogens is 1. The lowest BCUT2D eigenvalue weighted by Crippen LogP contribution is -2.54. The summed E-state index contributed by atoms with van der Waals surface area (Å²) in [4.78, 5) is 19.4. The van der Waals surface area contributed by atoms with E-state index in [1.807, 2.05) is 22.4 Å². The minimum atomic E-state index is 0.0131. The molecule has 1 aromatic heterocycles. The second-order valence-electron chi connectivity index (χ2n) is 6.63. The van der Waals surface area contributed by atoms with Gasteiger partial charge in [-0.05, 0) is 37.1 Å². The smallest absolute Gasteiger partial charge is 0.273 e. The van der Waals surface area contributed by atoms with Crippen molar-refractivity contribution < 1.29 is 14.3 Å². The lowest BCUT2D eigenvalue weighted by molar-refractivity contribution is -0.0754. The lowest BCUT2D eigenvalue weighted by atomic mass is 9.90. The average Bonchev–Trinajstić information content (AvgIpc) is 3.15. The van der Waals surface area contributed by atoms with Crippen LogP contribution in [-0.4, -0.2) is 41.1 Å². The summed E-state index contributed by atoms with van der Waals surface area (Å²) in [6, 6.07) is 7.40. The van der Waals surface area contributed by atoms with Gasteiger partial charge in [-0.2, -0.15) is 0 Å². The average molecular weight is 393 g/mol. The van der Waals surface area contributed by atoms with Crippen molar-refractivity contribution in [1.29, 1.82) is 0 Å². The normalized spacial score (nSPS) is 22.7. The zero-order valence-electron chi connectivity index (χ0n) is 14.4. The quantitative estimate of drug-likeness (QED) is 0.784. The van der Waals surface area contributed by atoms with Crippen LogP contribution in [0.3, 0.4) is 0 Å². The van der Waals surface area contributed by atoms with Crippen LogP contribution in [0.5, 0.6) is 5.75 Å². The molecule has 0 spiro atoms. The fourth-order valence-electron chi connectivity index (χ4n) is 3.65. The summed E-state index contributed by atoms with van der Waals surface area (Å²) in [5, 5.41) is 3.29. The van der Waals surface area contributed by atoms with Gasteiger partial charge in [0, 0.05) is 16.9 Å². The van der Waals surface area contributed by atoms with Crippen molar-refractivity contribution in [2.45, 2.75) is 44.4 Å². The molecular formula is C19H21ClN2O3S. The highest BCUT2D eigenvalue weighted by Gasteiger charge is 2.37. The number of aromatic nitrogens is 1. The maximum Gasteiger partial charge on any atom is 0.273 e. The predicted octanol–water partition coefficient (Wildman–Crippen LogP) is 4.16. The zero-order chi connectivity index (χ0) is 17.9. The Hall–Kier alpha value is -1.63. The molecule has 2 heterocycles. The Kier molecular flexibility index (Phi) is 5.43. The molecule has 0 unspecified atom stereocenters. The third-order valence-electron chi connectivity index (χ3n) is 4.94. The molecule has 1 aliphatic heterocycles. The second-order valence-corrected chi connectivity index (χ2v) is 8.01. The molecule has 2 fully saturated rings.